The topological polar surface area (TPSA) is 81.1 Å². The van der Waals surface area contributed by atoms with E-state index in [4.69, 9.17) is 4.74 Å². The number of halogens is 4. The van der Waals surface area contributed by atoms with Gasteiger partial charge < -0.3 is 9.64 Å². The van der Waals surface area contributed by atoms with Crippen molar-refractivity contribution in [3.8, 4) is 17.3 Å². The largest absolute Gasteiger partial charge is 0.472 e. The number of aromatic nitrogens is 4. The zero-order chi connectivity index (χ0) is 24.5. The van der Waals surface area contributed by atoms with Crippen molar-refractivity contribution in [2.75, 3.05) is 6.54 Å². The first kappa shape index (κ1) is 21.9. The standard InChI is InChI=1S/C24H19F4N5O2/c1-12-4-16(21-31-9-15(25)10-32-21)19(30-7-12)22(34)33-11-14-5-23(14)6-17(20(23)33)35-18-3-2-13(8-29-18)24(26,27)28/h2-4,7-10,14,17,20H,5-6,11H2,1H3. The van der Waals surface area contributed by atoms with Crippen LogP contribution in [0.5, 0.6) is 5.88 Å². The van der Waals surface area contributed by atoms with Gasteiger partial charge in [-0.1, -0.05) is 0 Å². The van der Waals surface area contributed by atoms with E-state index in [1.807, 2.05) is 6.92 Å². The van der Waals surface area contributed by atoms with Crippen LogP contribution in [0.1, 0.15) is 34.5 Å². The van der Waals surface area contributed by atoms with Gasteiger partial charge in [0.05, 0.1) is 29.6 Å². The molecule has 3 fully saturated rings. The fourth-order valence-electron chi connectivity index (χ4n) is 5.52. The summed E-state index contributed by atoms with van der Waals surface area (Å²) >= 11 is 0. The summed E-state index contributed by atoms with van der Waals surface area (Å²) in [5.41, 5.74) is 0.491. The molecule has 1 spiro atoms. The highest BCUT2D eigenvalue weighted by Gasteiger charge is 2.76. The van der Waals surface area contributed by atoms with Gasteiger partial charge in [0.1, 0.15) is 11.8 Å². The van der Waals surface area contributed by atoms with E-state index in [0.717, 1.165) is 36.6 Å². The Hall–Kier alpha value is -3.63. The molecule has 11 heteroatoms. The molecule has 0 N–H and O–H groups in total. The van der Waals surface area contributed by atoms with E-state index in [-0.39, 0.29) is 40.9 Å². The van der Waals surface area contributed by atoms with Gasteiger partial charge in [0, 0.05) is 30.4 Å². The quantitative estimate of drug-likeness (QED) is 0.518. The Balaban J connectivity index is 1.26. The summed E-state index contributed by atoms with van der Waals surface area (Å²) in [6.07, 6.45) is 1.22. The molecule has 3 aromatic rings. The number of likely N-dealkylation sites (tertiary alicyclic amines) is 1. The molecule has 0 radical (unpaired) electrons. The Kier molecular flexibility index (Phi) is 4.64. The van der Waals surface area contributed by atoms with Crippen molar-refractivity contribution < 1.29 is 27.1 Å². The monoisotopic (exact) mass is 485 g/mol. The number of amides is 1. The second-order valence-electron chi connectivity index (χ2n) is 9.41. The summed E-state index contributed by atoms with van der Waals surface area (Å²) < 4.78 is 57.8. The Labute approximate surface area is 197 Å². The molecule has 1 amide bonds. The first-order valence-electron chi connectivity index (χ1n) is 11.1. The van der Waals surface area contributed by atoms with E-state index >= 15 is 0 Å². The molecule has 3 aromatic heterocycles. The number of nitrogens with zero attached hydrogens (tertiary/aromatic N) is 5. The maximum absolute atomic E-state index is 13.7. The Bertz CT molecular complexity index is 1310. The lowest BCUT2D eigenvalue weighted by atomic mass is 9.73. The number of alkyl halides is 3. The predicted molar refractivity (Wildman–Crippen MR) is 114 cm³/mol. The highest BCUT2D eigenvalue weighted by atomic mass is 19.4. The van der Waals surface area contributed by atoms with Crippen molar-refractivity contribution in [2.45, 2.75) is 38.1 Å². The van der Waals surface area contributed by atoms with E-state index in [2.05, 4.69) is 19.9 Å². The smallest absolute Gasteiger partial charge is 0.417 e. The average molecular weight is 485 g/mol. The molecule has 6 rings (SSSR count). The van der Waals surface area contributed by atoms with Gasteiger partial charge >= 0.3 is 6.18 Å². The number of hydrogen-bond donors (Lipinski definition) is 0. The van der Waals surface area contributed by atoms with Crippen LogP contribution in [0.4, 0.5) is 17.6 Å². The molecule has 4 unspecified atom stereocenters. The molecule has 4 atom stereocenters. The van der Waals surface area contributed by atoms with Crippen LogP contribution in [0, 0.1) is 24.1 Å². The molecular formula is C24H19F4N5O2. The van der Waals surface area contributed by atoms with E-state index in [1.54, 1.807) is 17.2 Å². The molecule has 2 aliphatic carbocycles. The number of pyridine rings is 2. The van der Waals surface area contributed by atoms with Crippen LogP contribution in [-0.2, 0) is 6.18 Å². The number of carbonyl (C=O) groups excluding carboxylic acids is 1. The first-order chi connectivity index (χ1) is 16.7. The summed E-state index contributed by atoms with van der Waals surface area (Å²) in [6, 6.07) is 3.64. The zero-order valence-electron chi connectivity index (χ0n) is 18.5. The van der Waals surface area contributed by atoms with Gasteiger partial charge in [0.25, 0.3) is 5.91 Å². The molecule has 180 valence electrons. The molecule has 3 aliphatic rings. The van der Waals surface area contributed by atoms with Crippen molar-refractivity contribution in [3.63, 3.8) is 0 Å². The van der Waals surface area contributed by atoms with Crippen molar-refractivity contribution in [3.05, 3.63) is 65.6 Å². The second-order valence-corrected chi connectivity index (χ2v) is 9.41. The van der Waals surface area contributed by atoms with Crippen LogP contribution < -0.4 is 4.74 Å². The Morgan fingerprint density at radius 3 is 2.54 bits per heavy atom. The van der Waals surface area contributed by atoms with E-state index < -0.39 is 17.6 Å². The fourth-order valence-corrected chi connectivity index (χ4v) is 5.52. The summed E-state index contributed by atoms with van der Waals surface area (Å²) in [7, 11) is 0. The van der Waals surface area contributed by atoms with Gasteiger partial charge in [-0.05, 0) is 43.4 Å². The van der Waals surface area contributed by atoms with Gasteiger partial charge in [-0.25, -0.2) is 19.3 Å². The number of piperidine rings is 1. The van der Waals surface area contributed by atoms with Gasteiger partial charge in [0.2, 0.25) is 5.88 Å². The minimum absolute atomic E-state index is 0.0243. The molecule has 7 nitrogen and oxygen atoms in total. The van der Waals surface area contributed by atoms with Crippen molar-refractivity contribution in [1.82, 2.24) is 24.8 Å². The maximum atomic E-state index is 13.7. The molecule has 4 heterocycles. The molecular weight excluding hydrogens is 466 g/mol. The zero-order valence-corrected chi connectivity index (χ0v) is 18.5. The number of carbonyl (C=O) groups is 1. The van der Waals surface area contributed by atoms with Gasteiger partial charge in [-0.3, -0.25) is 9.78 Å². The molecule has 2 saturated carbocycles. The Morgan fingerprint density at radius 2 is 1.86 bits per heavy atom. The van der Waals surface area contributed by atoms with Crippen molar-refractivity contribution in [2.24, 2.45) is 11.3 Å². The van der Waals surface area contributed by atoms with E-state index in [1.165, 1.54) is 6.07 Å². The van der Waals surface area contributed by atoms with Crippen molar-refractivity contribution >= 4 is 5.91 Å². The van der Waals surface area contributed by atoms with Crippen LogP contribution in [0.15, 0.2) is 43.0 Å². The summed E-state index contributed by atoms with van der Waals surface area (Å²) in [6.45, 7) is 2.37. The predicted octanol–water partition coefficient (Wildman–Crippen LogP) is 4.08. The molecule has 1 saturated heterocycles. The number of rotatable bonds is 4. The second kappa shape index (κ2) is 7.43. The van der Waals surface area contributed by atoms with Crippen LogP contribution in [-0.4, -0.2) is 49.4 Å². The molecule has 35 heavy (non-hydrogen) atoms. The van der Waals surface area contributed by atoms with Gasteiger partial charge in [-0.15, -0.1) is 0 Å². The first-order valence-corrected chi connectivity index (χ1v) is 11.1. The van der Waals surface area contributed by atoms with Crippen LogP contribution in [0.25, 0.3) is 11.4 Å². The maximum Gasteiger partial charge on any atom is 0.417 e. The lowest BCUT2D eigenvalue weighted by Gasteiger charge is -2.46. The lowest BCUT2D eigenvalue weighted by Crippen LogP contribution is -2.59. The fraction of sp³-hybridized carbons (Fsp3) is 0.375. The van der Waals surface area contributed by atoms with E-state index in [9.17, 15) is 22.4 Å². The summed E-state index contributed by atoms with van der Waals surface area (Å²) in [4.78, 5) is 31.6. The van der Waals surface area contributed by atoms with E-state index in [0.29, 0.717) is 24.4 Å². The summed E-state index contributed by atoms with van der Waals surface area (Å²) in [5.74, 6) is -0.259. The third-order valence-corrected chi connectivity index (χ3v) is 7.24. The Morgan fingerprint density at radius 1 is 1.09 bits per heavy atom. The van der Waals surface area contributed by atoms with Crippen LogP contribution in [0.3, 0.4) is 0 Å². The number of hydrogen-bond acceptors (Lipinski definition) is 6. The van der Waals surface area contributed by atoms with Crippen LogP contribution in [0.2, 0.25) is 0 Å². The van der Waals surface area contributed by atoms with Crippen molar-refractivity contribution in [1.29, 1.82) is 0 Å². The number of ether oxygens (including phenoxy) is 1. The minimum atomic E-state index is -4.48. The lowest BCUT2D eigenvalue weighted by molar-refractivity contribution is -0.137. The van der Waals surface area contributed by atoms with Gasteiger partial charge in [-0.2, -0.15) is 13.2 Å². The molecule has 1 aliphatic heterocycles. The highest BCUT2D eigenvalue weighted by molar-refractivity contribution is 5.99. The molecule has 0 aromatic carbocycles. The number of aryl methyl sites for hydroxylation is 1. The normalized spacial score (nSPS) is 26.5. The minimum Gasteiger partial charge on any atom is -0.472 e. The average Bonchev–Trinajstić information content (AvgIpc) is 3.47. The summed E-state index contributed by atoms with van der Waals surface area (Å²) in [5, 5.41) is 0. The highest BCUT2D eigenvalue weighted by Crippen LogP contribution is 2.71. The third kappa shape index (κ3) is 3.52. The SMILES string of the molecule is Cc1cnc(C(=O)N2CC3CC34CC(Oc3ccc(C(F)(F)F)cn3)C24)c(-c2ncc(F)cn2)c1. The molecule has 0 bridgehead atoms. The van der Waals surface area contributed by atoms with Gasteiger partial charge in [0.15, 0.2) is 11.6 Å². The third-order valence-electron chi connectivity index (χ3n) is 7.24. The van der Waals surface area contributed by atoms with Crippen LogP contribution >= 0.6 is 0 Å².